The van der Waals surface area contributed by atoms with Crippen molar-refractivity contribution in [1.82, 2.24) is 0 Å². The Morgan fingerprint density at radius 3 is 2.00 bits per heavy atom. The first-order valence-corrected chi connectivity index (χ1v) is 4.97. The summed E-state index contributed by atoms with van der Waals surface area (Å²) >= 11 is 0. The first-order valence-electron chi connectivity index (χ1n) is 4.97. The molecule has 88 valence electrons. The van der Waals surface area contributed by atoms with E-state index >= 15 is 0 Å². The summed E-state index contributed by atoms with van der Waals surface area (Å²) in [5.41, 5.74) is 1.65. The van der Waals surface area contributed by atoms with E-state index < -0.39 is 11.9 Å². The molecule has 0 fully saturated rings. The van der Waals surface area contributed by atoms with Crippen LogP contribution >= 0.6 is 0 Å². The van der Waals surface area contributed by atoms with Gasteiger partial charge in [0.1, 0.15) is 0 Å². The quantitative estimate of drug-likeness (QED) is 0.763. The normalized spacial score (nSPS) is 11.1. The molecule has 0 unspecified atom stereocenters. The smallest absolute Gasteiger partial charge is 0.328 e. The van der Waals surface area contributed by atoms with E-state index in [0.717, 1.165) is 17.2 Å². The zero-order chi connectivity index (χ0) is 12.7. The third-order valence-electron chi connectivity index (χ3n) is 1.96. The number of carboxylic acids is 2. The molecule has 1 rings (SSSR count). The Hall–Kier alpha value is -2.36. The number of hydrogen-bond donors (Lipinski definition) is 2. The summed E-state index contributed by atoms with van der Waals surface area (Å²) in [5.74, 6) is -1.86. The Morgan fingerprint density at radius 2 is 1.53 bits per heavy atom. The number of rotatable bonds is 5. The summed E-state index contributed by atoms with van der Waals surface area (Å²) in [7, 11) is 0. The molecular weight excluding hydrogens is 220 g/mol. The van der Waals surface area contributed by atoms with Gasteiger partial charge in [0.25, 0.3) is 0 Å². The molecule has 0 bridgehead atoms. The minimum absolute atomic E-state index is 0.0132. The van der Waals surface area contributed by atoms with E-state index in [4.69, 9.17) is 10.2 Å². The van der Waals surface area contributed by atoms with Gasteiger partial charge in [-0.15, -0.1) is 0 Å². The van der Waals surface area contributed by atoms with Crippen molar-refractivity contribution in [2.75, 3.05) is 0 Å². The van der Waals surface area contributed by atoms with Crippen molar-refractivity contribution in [2.45, 2.75) is 6.42 Å². The molecule has 0 heterocycles. The number of carboxylic acid groups (broad SMARTS) is 2. The summed E-state index contributed by atoms with van der Waals surface area (Å²) in [4.78, 5) is 20.6. The highest BCUT2D eigenvalue weighted by Gasteiger charge is 1.92. The molecule has 0 radical (unpaired) electrons. The molecular formula is C13H12O4. The summed E-state index contributed by atoms with van der Waals surface area (Å²) < 4.78 is 0. The average Bonchev–Trinajstić information content (AvgIpc) is 2.27. The first kappa shape index (κ1) is 12.7. The minimum Gasteiger partial charge on any atom is -0.481 e. The summed E-state index contributed by atoms with van der Waals surface area (Å²) in [6.45, 7) is 0. The molecule has 0 atom stereocenters. The van der Waals surface area contributed by atoms with Crippen LogP contribution in [-0.4, -0.2) is 22.2 Å². The van der Waals surface area contributed by atoms with Gasteiger partial charge in [-0.05, 0) is 17.2 Å². The predicted octanol–water partition coefficient (Wildman–Crippen LogP) is 2.27. The summed E-state index contributed by atoms with van der Waals surface area (Å²) in [6, 6.07) is 7.11. The van der Waals surface area contributed by atoms with Crippen LogP contribution in [0, 0.1) is 0 Å². The van der Waals surface area contributed by atoms with Gasteiger partial charge >= 0.3 is 11.9 Å². The highest BCUT2D eigenvalue weighted by molar-refractivity contribution is 5.85. The van der Waals surface area contributed by atoms with Crippen LogP contribution in [0.15, 0.2) is 36.4 Å². The van der Waals surface area contributed by atoms with Crippen LogP contribution < -0.4 is 0 Å². The van der Waals surface area contributed by atoms with Gasteiger partial charge in [0, 0.05) is 6.08 Å². The lowest BCUT2D eigenvalue weighted by Gasteiger charge is -1.95. The molecule has 0 aliphatic rings. The Bertz CT molecular complexity index is 455. The van der Waals surface area contributed by atoms with Crippen molar-refractivity contribution < 1.29 is 19.8 Å². The fourth-order valence-corrected chi connectivity index (χ4v) is 1.18. The highest BCUT2D eigenvalue weighted by atomic mass is 16.4. The maximum Gasteiger partial charge on any atom is 0.328 e. The summed E-state index contributed by atoms with van der Waals surface area (Å²) in [6.07, 6.45) is 5.81. The van der Waals surface area contributed by atoms with E-state index in [9.17, 15) is 9.59 Å². The van der Waals surface area contributed by atoms with Crippen LogP contribution in [0.1, 0.15) is 17.5 Å². The summed E-state index contributed by atoms with van der Waals surface area (Å²) in [5, 5.41) is 16.9. The highest BCUT2D eigenvalue weighted by Crippen LogP contribution is 2.08. The molecule has 17 heavy (non-hydrogen) atoms. The van der Waals surface area contributed by atoms with E-state index in [1.54, 1.807) is 36.4 Å². The van der Waals surface area contributed by atoms with Crippen LogP contribution in [0.2, 0.25) is 0 Å². The van der Waals surface area contributed by atoms with Crippen molar-refractivity contribution in [3.05, 3.63) is 47.5 Å². The fraction of sp³-hybridized carbons (Fsp3) is 0.0769. The maximum atomic E-state index is 10.3. The van der Waals surface area contributed by atoms with Gasteiger partial charge in [0.2, 0.25) is 0 Å². The number of carbonyl (C=O) groups is 2. The zero-order valence-corrected chi connectivity index (χ0v) is 9.04. The lowest BCUT2D eigenvalue weighted by atomic mass is 10.1. The lowest BCUT2D eigenvalue weighted by molar-refractivity contribution is -0.136. The van der Waals surface area contributed by atoms with Crippen molar-refractivity contribution in [3.8, 4) is 0 Å². The third-order valence-corrected chi connectivity index (χ3v) is 1.96. The monoisotopic (exact) mass is 232 g/mol. The minimum atomic E-state index is -0.990. The van der Waals surface area contributed by atoms with Crippen molar-refractivity contribution in [3.63, 3.8) is 0 Å². The van der Waals surface area contributed by atoms with Crippen LogP contribution in [0.4, 0.5) is 0 Å². The second-order valence-corrected chi connectivity index (χ2v) is 3.34. The van der Waals surface area contributed by atoms with Crippen LogP contribution in [0.25, 0.3) is 12.2 Å². The van der Waals surface area contributed by atoms with Gasteiger partial charge in [-0.1, -0.05) is 36.4 Å². The van der Waals surface area contributed by atoms with E-state index in [1.807, 2.05) is 0 Å². The van der Waals surface area contributed by atoms with E-state index in [2.05, 4.69) is 0 Å². The third kappa shape index (κ3) is 5.32. The molecule has 1 aromatic rings. The fourth-order valence-electron chi connectivity index (χ4n) is 1.18. The Balaban J connectivity index is 2.65. The molecule has 4 nitrogen and oxygen atoms in total. The second-order valence-electron chi connectivity index (χ2n) is 3.34. The molecule has 0 amide bonds. The molecule has 0 saturated carbocycles. The van der Waals surface area contributed by atoms with Crippen LogP contribution in [0.3, 0.4) is 0 Å². The second kappa shape index (κ2) is 6.27. The topological polar surface area (TPSA) is 74.6 Å². The van der Waals surface area contributed by atoms with Crippen LogP contribution in [0.5, 0.6) is 0 Å². The predicted molar refractivity (Wildman–Crippen MR) is 64.4 cm³/mol. The molecule has 0 aromatic heterocycles. The number of aliphatic carboxylic acids is 2. The molecule has 2 N–H and O–H groups in total. The molecule has 4 heteroatoms. The van der Waals surface area contributed by atoms with Crippen LogP contribution in [-0.2, 0) is 9.59 Å². The van der Waals surface area contributed by atoms with Gasteiger partial charge < -0.3 is 10.2 Å². The molecule has 0 spiro atoms. The van der Waals surface area contributed by atoms with Gasteiger partial charge in [-0.3, -0.25) is 4.79 Å². The molecule has 0 aliphatic heterocycles. The molecule has 1 aromatic carbocycles. The van der Waals surface area contributed by atoms with Crippen molar-refractivity contribution in [2.24, 2.45) is 0 Å². The van der Waals surface area contributed by atoms with Gasteiger partial charge in [-0.25, -0.2) is 4.79 Å². The average molecular weight is 232 g/mol. The Morgan fingerprint density at radius 1 is 1.00 bits per heavy atom. The van der Waals surface area contributed by atoms with Gasteiger partial charge in [0.05, 0.1) is 6.42 Å². The number of hydrogen-bond acceptors (Lipinski definition) is 2. The standard InChI is InChI=1S/C13H12O4/c14-12(15)3-1-2-10-4-6-11(7-5-10)8-9-13(16)17/h1-2,4-9H,3H2,(H,14,15)(H,16,17)/b2-1?,9-8+. The van der Waals surface area contributed by atoms with E-state index in [0.29, 0.717) is 0 Å². The van der Waals surface area contributed by atoms with Gasteiger partial charge in [0.15, 0.2) is 0 Å². The molecule has 0 aliphatic carbocycles. The van der Waals surface area contributed by atoms with Gasteiger partial charge in [-0.2, -0.15) is 0 Å². The largest absolute Gasteiger partial charge is 0.481 e. The van der Waals surface area contributed by atoms with Crippen molar-refractivity contribution in [1.29, 1.82) is 0 Å². The SMILES string of the molecule is O=C(O)/C=C/c1ccc(C=CCC(=O)O)cc1. The maximum absolute atomic E-state index is 10.3. The zero-order valence-electron chi connectivity index (χ0n) is 9.04. The lowest BCUT2D eigenvalue weighted by Crippen LogP contribution is -1.89. The van der Waals surface area contributed by atoms with E-state index in [-0.39, 0.29) is 6.42 Å². The number of benzene rings is 1. The van der Waals surface area contributed by atoms with E-state index in [1.165, 1.54) is 6.08 Å². The Kier molecular flexibility index (Phi) is 4.69. The first-order chi connectivity index (χ1) is 8.08. The van der Waals surface area contributed by atoms with Crippen molar-refractivity contribution >= 4 is 24.1 Å². The Labute approximate surface area is 98.5 Å². The molecule has 0 saturated heterocycles.